The second kappa shape index (κ2) is 6.48. The van der Waals surface area contributed by atoms with E-state index in [4.69, 9.17) is 0 Å². The summed E-state index contributed by atoms with van der Waals surface area (Å²) >= 11 is 0. The Bertz CT molecular complexity index is 777. The minimum atomic E-state index is -0.0897. The third-order valence-corrected chi connectivity index (χ3v) is 3.70. The molecule has 0 fully saturated rings. The average Bonchev–Trinajstić information content (AvgIpc) is 3.22. The van der Waals surface area contributed by atoms with Gasteiger partial charge in [-0.05, 0) is 13.0 Å². The van der Waals surface area contributed by atoms with Gasteiger partial charge in [-0.25, -0.2) is 4.98 Å². The first-order valence-corrected chi connectivity index (χ1v) is 7.50. The van der Waals surface area contributed by atoms with E-state index in [-0.39, 0.29) is 5.91 Å². The van der Waals surface area contributed by atoms with Crippen molar-refractivity contribution >= 4 is 5.91 Å². The predicted molar refractivity (Wildman–Crippen MR) is 87.9 cm³/mol. The van der Waals surface area contributed by atoms with Crippen molar-refractivity contribution in [3.8, 4) is 11.4 Å². The van der Waals surface area contributed by atoms with Gasteiger partial charge in [0.05, 0.1) is 6.54 Å². The van der Waals surface area contributed by atoms with E-state index >= 15 is 0 Å². The summed E-state index contributed by atoms with van der Waals surface area (Å²) in [6.07, 6.45) is 3.61. The van der Waals surface area contributed by atoms with Gasteiger partial charge in [-0.15, -0.1) is 0 Å². The quantitative estimate of drug-likeness (QED) is 0.786. The zero-order valence-corrected chi connectivity index (χ0v) is 13.2. The fourth-order valence-electron chi connectivity index (χ4n) is 2.37. The van der Waals surface area contributed by atoms with Gasteiger partial charge < -0.3 is 9.88 Å². The molecule has 0 saturated carbocycles. The van der Waals surface area contributed by atoms with E-state index in [1.807, 2.05) is 49.5 Å². The number of nitrogens with one attached hydrogen (secondary N) is 1. The summed E-state index contributed by atoms with van der Waals surface area (Å²) in [5.41, 5.74) is 2.21. The highest BCUT2D eigenvalue weighted by atomic mass is 16.2. The van der Waals surface area contributed by atoms with Crippen LogP contribution in [0, 0.1) is 6.92 Å². The van der Waals surface area contributed by atoms with Crippen molar-refractivity contribution in [1.29, 1.82) is 0 Å². The van der Waals surface area contributed by atoms with Crippen LogP contribution in [0.3, 0.4) is 0 Å². The Hall–Kier alpha value is -2.89. The predicted octanol–water partition coefficient (Wildman–Crippen LogP) is 2.35. The van der Waals surface area contributed by atoms with Crippen molar-refractivity contribution < 1.29 is 4.79 Å². The van der Waals surface area contributed by atoms with Crippen LogP contribution in [0.15, 0.2) is 48.8 Å². The molecule has 0 bridgehead atoms. The molecule has 1 N–H and O–H groups in total. The van der Waals surface area contributed by atoms with Gasteiger partial charge in [-0.3, -0.25) is 9.48 Å². The molecule has 0 spiro atoms. The van der Waals surface area contributed by atoms with Crippen molar-refractivity contribution in [1.82, 2.24) is 24.6 Å². The largest absolute Gasteiger partial charge is 0.341 e. The minimum absolute atomic E-state index is 0.0897. The number of aromatic nitrogens is 4. The molecule has 118 valence electrons. The van der Waals surface area contributed by atoms with Crippen LogP contribution in [0.25, 0.3) is 11.4 Å². The molecule has 23 heavy (non-hydrogen) atoms. The molecule has 3 aromatic rings. The van der Waals surface area contributed by atoms with E-state index in [1.54, 1.807) is 22.8 Å². The third-order valence-electron chi connectivity index (χ3n) is 3.70. The number of imidazole rings is 1. The van der Waals surface area contributed by atoms with Crippen molar-refractivity contribution in [2.45, 2.75) is 13.5 Å². The smallest absolute Gasteiger partial charge is 0.274 e. The fourth-order valence-corrected chi connectivity index (χ4v) is 2.37. The molecule has 0 aliphatic heterocycles. The third kappa shape index (κ3) is 3.31. The van der Waals surface area contributed by atoms with Crippen molar-refractivity contribution in [3.05, 3.63) is 60.2 Å². The molecule has 6 nitrogen and oxygen atoms in total. The number of rotatable bonds is 5. The summed E-state index contributed by atoms with van der Waals surface area (Å²) in [4.78, 5) is 21.9. The van der Waals surface area contributed by atoms with E-state index < -0.39 is 0 Å². The normalized spacial score (nSPS) is 10.7. The molecule has 1 amide bonds. The number of aromatic amines is 1. The number of carbonyl (C=O) groups excluding carboxylic acids is 1. The minimum Gasteiger partial charge on any atom is -0.341 e. The molecular weight excluding hydrogens is 290 g/mol. The van der Waals surface area contributed by atoms with Crippen molar-refractivity contribution in [3.63, 3.8) is 0 Å². The van der Waals surface area contributed by atoms with Crippen LogP contribution < -0.4 is 0 Å². The highest BCUT2D eigenvalue weighted by Gasteiger charge is 2.19. The second-order valence-electron chi connectivity index (χ2n) is 5.42. The molecule has 2 heterocycles. The maximum atomic E-state index is 12.6. The highest BCUT2D eigenvalue weighted by Crippen LogP contribution is 2.18. The maximum absolute atomic E-state index is 12.6. The van der Waals surface area contributed by atoms with Gasteiger partial charge in [0.15, 0.2) is 0 Å². The number of likely N-dealkylation sites (N-methyl/N-ethyl adjacent to an activating group) is 1. The lowest BCUT2D eigenvalue weighted by molar-refractivity contribution is 0.0783. The maximum Gasteiger partial charge on any atom is 0.274 e. The Balaban J connectivity index is 1.73. The molecule has 0 saturated heterocycles. The van der Waals surface area contributed by atoms with E-state index in [2.05, 4.69) is 15.1 Å². The summed E-state index contributed by atoms with van der Waals surface area (Å²) in [6.45, 7) is 3.10. The van der Waals surface area contributed by atoms with Gasteiger partial charge in [-0.1, -0.05) is 30.3 Å². The number of carbonyl (C=O) groups is 1. The van der Waals surface area contributed by atoms with Crippen LogP contribution in [-0.4, -0.2) is 44.1 Å². The van der Waals surface area contributed by atoms with E-state index in [1.165, 1.54) is 0 Å². The number of hydrogen-bond acceptors (Lipinski definition) is 3. The van der Waals surface area contributed by atoms with E-state index in [0.717, 1.165) is 11.3 Å². The summed E-state index contributed by atoms with van der Waals surface area (Å²) in [5, 5.41) is 4.14. The summed E-state index contributed by atoms with van der Waals surface area (Å²) in [5.74, 6) is 0.625. The second-order valence-corrected chi connectivity index (χ2v) is 5.42. The van der Waals surface area contributed by atoms with Crippen LogP contribution in [0.1, 0.15) is 16.2 Å². The van der Waals surface area contributed by atoms with Crippen LogP contribution in [0.2, 0.25) is 0 Å². The van der Waals surface area contributed by atoms with Crippen molar-refractivity contribution in [2.24, 2.45) is 0 Å². The molecule has 3 rings (SSSR count). The van der Waals surface area contributed by atoms with Gasteiger partial charge in [-0.2, -0.15) is 5.10 Å². The van der Waals surface area contributed by atoms with Crippen LogP contribution >= 0.6 is 0 Å². The first-order valence-electron chi connectivity index (χ1n) is 7.50. The number of nitrogens with zero attached hydrogens (tertiary/aromatic N) is 4. The number of aryl methyl sites for hydroxylation is 1. The Kier molecular flexibility index (Phi) is 4.23. The number of H-pyrrole nitrogens is 1. The monoisotopic (exact) mass is 309 g/mol. The van der Waals surface area contributed by atoms with Gasteiger partial charge in [0.1, 0.15) is 11.5 Å². The lowest BCUT2D eigenvalue weighted by atomic mass is 10.2. The summed E-state index contributed by atoms with van der Waals surface area (Å²) in [7, 11) is 1.78. The zero-order valence-electron chi connectivity index (χ0n) is 13.2. The van der Waals surface area contributed by atoms with Gasteiger partial charge in [0, 0.05) is 37.2 Å². The molecular formula is C17H19N5O. The molecule has 0 unspecified atom stereocenters. The van der Waals surface area contributed by atoms with Gasteiger partial charge in [0.25, 0.3) is 5.91 Å². The molecule has 0 atom stereocenters. The lowest BCUT2D eigenvalue weighted by Gasteiger charge is -2.16. The summed E-state index contributed by atoms with van der Waals surface area (Å²) < 4.78 is 1.80. The molecule has 0 radical (unpaired) electrons. The first kappa shape index (κ1) is 15.0. The van der Waals surface area contributed by atoms with Gasteiger partial charge >= 0.3 is 0 Å². The molecule has 0 aliphatic carbocycles. The van der Waals surface area contributed by atoms with Crippen LogP contribution in [0.5, 0.6) is 0 Å². The lowest BCUT2D eigenvalue weighted by Crippen LogP contribution is -2.30. The Morgan fingerprint density at radius 3 is 2.74 bits per heavy atom. The highest BCUT2D eigenvalue weighted by molar-refractivity contribution is 5.93. The fraction of sp³-hybridized carbons (Fsp3) is 0.235. The molecule has 1 aromatic carbocycles. The number of benzene rings is 1. The van der Waals surface area contributed by atoms with E-state index in [9.17, 15) is 4.79 Å². The number of hydrogen-bond donors (Lipinski definition) is 1. The molecule has 6 heteroatoms. The average molecular weight is 309 g/mol. The Morgan fingerprint density at radius 2 is 2.04 bits per heavy atom. The topological polar surface area (TPSA) is 66.8 Å². The summed E-state index contributed by atoms with van der Waals surface area (Å²) in [6, 6.07) is 11.7. The molecule has 2 aromatic heterocycles. The Morgan fingerprint density at radius 1 is 1.26 bits per heavy atom. The van der Waals surface area contributed by atoms with Gasteiger partial charge in [0.2, 0.25) is 0 Å². The first-order chi connectivity index (χ1) is 11.1. The van der Waals surface area contributed by atoms with E-state index in [0.29, 0.717) is 24.6 Å². The SMILES string of the molecule is Cc1[nH]c(-c2ccccc2)nc1C(=O)N(C)CCn1cccn1. The van der Waals surface area contributed by atoms with Crippen molar-refractivity contribution in [2.75, 3.05) is 13.6 Å². The standard InChI is InChI=1S/C17H19N5O/c1-13-15(20-16(19-13)14-7-4-3-5-8-14)17(23)21(2)11-12-22-10-6-9-18-22/h3-10H,11-12H2,1-2H3,(H,19,20). The Labute approximate surface area is 134 Å². The van der Waals surface area contributed by atoms with Crippen LogP contribution in [0.4, 0.5) is 0 Å². The number of amides is 1. The van der Waals surface area contributed by atoms with Crippen LogP contribution in [-0.2, 0) is 6.54 Å². The zero-order chi connectivity index (χ0) is 16.2. The molecule has 0 aliphatic rings.